The number of rotatable bonds is 3. The molecular weight excluding hydrogens is 304 g/mol. The van der Waals surface area contributed by atoms with Crippen LogP contribution in [0.15, 0.2) is 23.8 Å². The summed E-state index contributed by atoms with van der Waals surface area (Å²) in [6.45, 7) is 9.96. The molecule has 0 spiro atoms. The van der Waals surface area contributed by atoms with Gasteiger partial charge < -0.3 is 20.4 Å². The third-order valence-corrected chi connectivity index (χ3v) is 6.66. The molecule has 0 aromatic rings. The minimum atomic E-state index is -1.39. The van der Waals surface area contributed by atoms with Gasteiger partial charge in [-0.2, -0.15) is 0 Å². The van der Waals surface area contributed by atoms with Crippen molar-refractivity contribution >= 4 is 0 Å². The van der Waals surface area contributed by atoms with Crippen LogP contribution in [0.3, 0.4) is 0 Å². The van der Waals surface area contributed by atoms with Crippen LogP contribution >= 0.6 is 0 Å². The fourth-order valence-corrected chi connectivity index (χ4v) is 5.58. The third kappa shape index (κ3) is 3.10. The van der Waals surface area contributed by atoms with Crippen LogP contribution in [0.4, 0.5) is 0 Å². The van der Waals surface area contributed by atoms with Crippen LogP contribution in [0.25, 0.3) is 0 Å². The topological polar surface area (TPSA) is 80.9 Å². The second-order valence-electron chi connectivity index (χ2n) is 8.95. The van der Waals surface area contributed by atoms with Gasteiger partial charge in [-0.15, -0.1) is 0 Å². The van der Waals surface area contributed by atoms with E-state index in [9.17, 15) is 15.3 Å². The van der Waals surface area contributed by atoms with Gasteiger partial charge in [-0.3, -0.25) is 0 Å². The molecule has 4 N–H and O–H groups in total. The first kappa shape index (κ1) is 19.6. The fraction of sp³-hybridized carbons (Fsp3) is 0.800. The number of allylic oxidation sites excluding steroid dienone is 2. The van der Waals surface area contributed by atoms with Gasteiger partial charge in [0, 0.05) is 5.92 Å². The summed E-state index contributed by atoms with van der Waals surface area (Å²) in [4.78, 5) is 0. The van der Waals surface area contributed by atoms with Crippen molar-refractivity contribution in [2.75, 3.05) is 6.61 Å². The molecule has 4 heteroatoms. The van der Waals surface area contributed by atoms with E-state index in [0.717, 1.165) is 24.8 Å². The quantitative estimate of drug-likeness (QED) is 0.596. The average molecular weight is 338 g/mol. The summed E-state index contributed by atoms with van der Waals surface area (Å²) in [5, 5.41) is 41.5. The van der Waals surface area contributed by atoms with E-state index in [2.05, 4.69) is 20.8 Å². The van der Waals surface area contributed by atoms with E-state index in [1.54, 1.807) is 13.0 Å². The van der Waals surface area contributed by atoms with Crippen molar-refractivity contribution in [3.05, 3.63) is 23.8 Å². The van der Waals surface area contributed by atoms with Gasteiger partial charge in [0.1, 0.15) is 6.10 Å². The molecule has 0 aromatic carbocycles. The number of aliphatic hydroxyl groups is 4. The Labute approximate surface area is 145 Å². The summed E-state index contributed by atoms with van der Waals surface area (Å²) >= 11 is 0. The Morgan fingerprint density at radius 1 is 1.12 bits per heavy atom. The Morgan fingerprint density at radius 3 is 2.33 bits per heavy atom. The smallest absolute Gasteiger partial charge is 0.109 e. The molecular formula is C20H34O4. The second-order valence-corrected chi connectivity index (χ2v) is 8.95. The first-order valence-corrected chi connectivity index (χ1v) is 9.03. The zero-order valence-corrected chi connectivity index (χ0v) is 15.7. The van der Waals surface area contributed by atoms with Crippen LogP contribution in [0.1, 0.15) is 53.9 Å². The lowest BCUT2D eigenvalue weighted by atomic mass is 9.44. The van der Waals surface area contributed by atoms with E-state index in [-0.39, 0.29) is 29.3 Å². The molecule has 0 radical (unpaired) electrons. The monoisotopic (exact) mass is 338 g/mol. The largest absolute Gasteiger partial charge is 0.392 e. The summed E-state index contributed by atoms with van der Waals surface area (Å²) in [6.07, 6.45) is 6.45. The van der Waals surface area contributed by atoms with Crippen LogP contribution in [0, 0.1) is 22.7 Å². The molecule has 2 saturated carbocycles. The van der Waals surface area contributed by atoms with Crippen molar-refractivity contribution in [2.24, 2.45) is 22.7 Å². The first-order valence-electron chi connectivity index (χ1n) is 9.03. The third-order valence-electron chi connectivity index (χ3n) is 6.66. The van der Waals surface area contributed by atoms with E-state index in [0.29, 0.717) is 0 Å². The van der Waals surface area contributed by atoms with E-state index < -0.39 is 17.8 Å². The maximum atomic E-state index is 11.1. The molecule has 2 aliphatic rings. The highest BCUT2D eigenvalue weighted by Crippen LogP contribution is 2.62. The minimum absolute atomic E-state index is 0.0223. The highest BCUT2D eigenvalue weighted by Gasteiger charge is 2.64. The summed E-state index contributed by atoms with van der Waals surface area (Å²) in [5.74, 6) is -0.347. The SMILES string of the molecule is CC(/C=C/[C@H]1[C@](C)(O)[C@@H](O)[C@H](O)[C@@H]2C(C)(C)CCC[C@@]21C)=C\CO. The summed E-state index contributed by atoms with van der Waals surface area (Å²) in [7, 11) is 0. The predicted octanol–water partition coefficient (Wildman–Crippen LogP) is 2.42. The molecule has 138 valence electrons. The van der Waals surface area contributed by atoms with Crippen LogP contribution in [-0.4, -0.2) is 44.8 Å². The Balaban J connectivity index is 2.50. The van der Waals surface area contributed by atoms with Crippen molar-refractivity contribution in [1.29, 1.82) is 0 Å². The van der Waals surface area contributed by atoms with Crippen LogP contribution in [0.5, 0.6) is 0 Å². The molecule has 0 aliphatic heterocycles. The zero-order chi connectivity index (χ0) is 18.3. The highest BCUT2D eigenvalue weighted by molar-refractivity contribution is 5.24. The second kappa shape index (κ2) is 6.56. The van der Waals surface area contributed by atoms with Crippen molar-refractivity contribution in [1.82, 2.24) is 0 Å². The first-order chi connectivity index (χ1) is 11.0. The molecule has 0 aromatic heterocycles. The van der Waals surface area contributed by atoms with Crippen LogP contribution in [0.2, 0.25) is 0 Å². The lowest BCUT2D eigenvalue weighted by molar-refractivity contribution is -0.255. The maximum absolute atomic E-state index is 11.1. The van der Waals surface area contributed by atoms with Gasteiger partial charge in [0.05, 0.1) is 18.3 Å². The number of fused-ring (bicyclic) bond motifs is 1. The van der Waals surface area contributed by atoms with Crippen molar-refractivity contribution in [3.63, 3.8) is 0 Å². The Hall–Kier alpha value is -0.680. The van der Waals surface area contributed by atoms with E-state index in [1.807, 2.05) is 19.1 Å². The van der Waals surface area contributed by atoms with Gasteiger partial charge in [0.2, 0.25) is 0 Å². The molecule has 0 unspecified atom stereocenters. The number of aliphatic hydroxyl groups excluding tert-OH is 3. The molecule has 24 heavy (non-hydrogen) atoms. The maximum Gasteiger partial charge on any atom is 0.109 e. The summed E-state index contributed by atoms with van der Waals surface area (Å²) in [6, 6.07) is 0. The van der Waals surface area contributed by atoms with Crippen molar-refractivity contribution in [2.45, 2.75) is 71.7 Å². The molecule has 4 nitrogen and oxygen atoms in total. The molecule has 2 rings (SSSR count). The molecule has 0 amide bonds. The average Bonchev–Trinajstić information content (AvgIpc) is 2.44. The predicted molar refractivity (Wildman–Crippen MR) is 95.3 cm³/mol. The Morgan fingerprint density at radius 2 is 1.75 bits per heavy atom. The van der Waals surface area contributed by atoms with E-state index in [4.69, 9.17) is 5.11 Å². The highest BCUT2D eigenvalue weighted by atomic mass is 16.4. The van der Waals surface area contributed by atoms with Gasteiger partial charge in [-0.05, 0) is 43.4 Å². The van der Waals surface area contributed by atoms with E-state index in [1.165, 1.54) is 0 Å². The van der Waals surface area contributed by atoms with Gasteiger partial charge in [0.25, 0.3) is 0 Å². The van der Waals surface area contributed by atoms with Crippen molar-refractivity contribution in [3.8, 4) is 0 Å². The lowest BCUT2D eigenvalue weighted by Crippen LogP contribution is -2.69. The zero-order valence-electron chi connectivity index (χ0n) is 15.7. The molecule has 6 atom stereocenters. The van der Waals surface area contributed by atoms with Crippen molar-refractivity contribution < 1.29 is 20.4 Å². The molecule has 0 heterocycles. The number of hydrogen-bond donors (Lipinski definition) is 4. The normalized spacial score (nSPS) is 46.1. The van der Waals surface area contributed by atoms with Crippen LogP contribution < -0.4 is 0 Å². The van der Waals surface area contributed by atoms with Gasteiger partial charge in [-0.1, -0.05) is 51.0 Å². The molecule has 0 bridgehead atoms. The van der Waals surface area contributed by atoms with Crippen LogP contribution in [-0.2, 0) is 0 Å². The number of hydrogen-bond acceptors (Lipinski definition) is 4. The Bertz CT molecular complexity index is 520. The minimum Gasteiger partial charge on any atom is -0.392 e. The lowest BCUT2D eigenvalue weighted by Gasteiger charge is -2.63. The fourth-order valence-electron chi connectivity index (χ4n) is 5.58. The summed E-state index contributed by atoms with van der Waals surface area (Å²) < 4.78 is 0. The standard InChI is InChI=1S/C20H34O4/c1-13(9-12-21)7-8-14-19(4)11-6-10-18(2,3)16(19)15(22)17(23)20(14,5)24/h7-9,14-17,21-24H,6,10-12H2,1-5H3/b8-7+,13-9+/t14-,15-,16-,17+,19-,20+/m1/s1. The molecule has 2 aliphatic carbocycles. The van der Waals surface area contributed by atoms with E-state index >= 15 is 0 Å². The summed E-state index contributed by atoms with van der Waals surface area (Å²) in [5.41, 5.74) is -0.857. The Kier molecular flexibility index (Phi) is 5.37. The van der Waals surface area contributed by atoms with Gasteiger partial charge in [-0.25, -0.2) is 0 Å². The van der Waals surface area contributed by atoms with Gasteiger partial charge >= 0.3 is 0 Å². The molecule has 0 saturated heterocycles. The van der Waals surface area contributed by atoms with Gasteiger partial charge in [0.15, 0.2) is 0 Å². The molecule has 2 fully saturated rings.